The number of aliphatic imine (C=N–C) groups is 1. The molecule has 1 heterocycles. The fraction of sp³-hybridized carbons (Fsp3) is 0.533. The van der Waals surface area contributed by atoms with Gasteiger partial charge in [0.15, 0.2) is 0 Å². The van der Waals surface area contributed by atoms with E-state index < -0.39 is 32.4 Å². The number of esters is 1. The number of pyridine rings is 1. The van der Waals surface area contributed by atoms with Crippen LogP contribution in [-0.4, -0.2) is 36.5 Å². The third-order valence-electron chi connectivity index (χ3n) is 2.83. The monoisotopic (exact) mass is 378 g/mol. The predicted octanol–water partition coefficient (Wildman–Crippen LogP) is 4.15. The maximum atomic E-state index is 13.3. The van der Waals surface area contributed by atoms with Gasteiger partial charge in [-0.3, -0.25) is 14.8 Å². The van der Waals surface area contributed by atoms with Crippen LogP contribution >= 0.6 is 11.8 Å². The van der Waals surface area contributed by atoms with Gasteiger partial charge in [-0.2, -0.15) is 13.2 Å². The summed E-state index contributed by atoms with van der Waals surface area (Å²) in [6.45, 7) is 7.07. The van der Waals surface area contributed by atoms with Crippen molar-refractivity contribution in [2.75, 3.05) is 12.4 Å². The summed E-state index contributed by atoms with van der Waals surface area (Å²) in [5.41, 5.74) is -0.852. The zero-order chi connectivity index (χ0) is 18.5. The van der Waals surface area contributed by atoms with Gasteiger partial charge in [0.1, 0.15) is 11.7 Å². The minimum atomic E-state index is -4.56. The van der Waals surface area contributed by atoms with Crippen molar-refractivity contribution in [3.63, 3.8) is 0 Å². The molecule has 0 aliphatic carbocycles. The molecule has 1 aromatic heterocycles. The molecule has 24 heavy (non-hydrogen) atoms. The van der Waals surface area contributed by atoms with Crippen molar-refractivity contribution in [3.8, 4) is 0 Å². The predicted molar refractivity (Wildman–Crippen MR) is 93.0 cm³/mol. The van der Waals surface area contributed by atoms with Crippen molar-refractivity contribution in [1.29, 1.82) is 0 Å². The van der Waals surface area contributed by atoms with Crippen molar-refractivity contribution in [2.24, 2.45) is 4.99 Å². The standard InChI is InChI=1S/C15H21F3N2O2SSi/c1-10(21)22-8-11-7-19-13(6-12(11)15(16,17)18)14(23-2)20-9-24(3,4)5/h6-7H,8-9H2,1-5H3. The SMILES string of the molecule is CSC(=NC[Si](C)(C)C)c1cc(C(F)(F)F)c(COC(C)=O)cn1. The molecule has 0 saturated heterocycles. The molecule has 0 aromatic carbocycles. The van der Waals surface area contributed by atoms with Gasteiger partial charge in [-0.1, -0.05) is 19.6 Å². The lowest BCUT2D eigenvalue weighted by Gasteiger charge is -2.16. The van der Waals surface area contributed by atoms with E-state index in [1.165, 1.54) is 11.8 Å². The fourth-order valence-electron chi connectivity index (χ4n) is 1.72. The topological polar surface area (TPSA) is 51.5 Å². The summed E-state index contributed by atoms with van der Waals surface area (Å²) >= 11 is 1.26. The molecule has 9 heteroatoms. The molecule has 0 bridgehead atoms. The number of ether oxygens (including phenoxy) is 1. The second-order valence-electron chi connectivity index (χ2n) is 6.39. The van der Waals surface area contributed by atoms with Crippen LogP contribution in [0.1, 0.15) is 23.7 Å². The summed E-state index contributed by atoms with van der Waals surface area (Å²) in [7, 11) is -1.46. The summed E-state index contributed by atoms with van der Waals surface area (Å²) in [4.78, 5) is 19.3. The molecule has 0 spiro atoms. The van der Waals surface area contributed by atoms with Crippen molar-refractivity contribution >= 4 is 30.8 Å². The van der Waals surface area contributed by atoms with E-state index >= 15 is 0 Å². The van der Waals surface area contributed by atoms with Gasteiger partial charge in [0, 0.05) is 24.9 Å². The van der Waals surface area contributed by atoms with Gasteiger partial charge in [0.2, 0.25) is 0 Å². The number of carbonyl (C=O) groups excluding carboxylic acids is 1. The molecule has 4 nitrogen and oxygen atoms in total. The quantitative estimate of drug-likeness (QED) is 0.334. The molecule has 0 radical (unpaired) electrons. The lowest BCUT2D eigenvalue weighted by atomic mass is 10.1. The molecule has 0 aliphatic heterocycles. The molecule has 0 unspecified atom stereocenters. The number of aromatic nitrogens is 1. The second-order valence-corrected chi connectivity index (χ2v) is 12.6. The summed E-state index contributed by atoms with van der Waals surface area (Å²) in [6.07, 6.45) is -1.09. The lowest BCUT2D eigenvalue weighted by molar-refractivity contribution is -0.145. The first-order valence-corrected chi connectivity index (χ1v) is 12.2. The zero-order valence-electron chi connectivity index (χ0n) is 14.3. The first kappa shape index (κ1) is 20.7. The molecule has 0 N–H and O–H groups in total. The van der Waals surface area contributed by atoms with Gasteiger partial charge >= 0.3 is 12.1 Å². The highest BCUT2D eigenvalue weighted by molar-refractivity contribution is 8.13. The summed E-state index contributed by atoms with van der Waals surface area (Å²) in [5.74, 6) is -0.645. The highest BCUT2D eigenvalue weighted by Gasteiger charge is 2.34. The van der Waals surface area contributed by atoms with Crippen molar-refractivity contribution < 1.29 is 22.7 Å². The Balaban J connectivity index is 3.24. The number of hydrogen-bond donors (Lipinski definition) is 0. The van der Waals surface area contributed by atoms with Crippen LogP contribution in [0.2, 0.25) is 19.6 Å². The number of thioether (sulfide) groups is 1. The fourth-order valence-corrected chi connectivity index (χ4v) is 2.98. The normalized spacial score (nSPS) is 13.1. The molecule has 1 rings (SSSR count). The molecule has 1 aromatic rings. The van der Waals surface area contributed by atoms with Crippen molar-refractivity contribution in [1.82, 2.24) is 4.98 Å². The Bertz CT molecular complexity index is 628. The van der Waals surface area contributed by atoms with Gasteiger partial charge in [0.05, 0.1) is 19.3 Å². The zero-order valence-corrected chi connectivity index (χ0v) is 16.1. The largest absolute Gasteiger partial charge is 0.461 e. The molecule has 0 amide bonds. The number of nitrogens with zero attached hydrogens (tertiary/aromatic N) is 2. The Kier molecular flexibility index (Phi) is 7.03. The summed E-state index contributed by atoms with van der Waals surface area (Å²) in [5, 5.41) is 0.474. The number of rotatable bonds is 5. The Hall–Kier alpha value is -1.35. The van der Waals surface area contributed by atoms with Crippen molar-refractivity contribution in [2.45, 2.75) is 39.3 Å². The van der Waals surface area contributed by atoms with E-state index in [9.17, 15) is 18.0 Å². The van der Waals surface area contributed by atoms with E-state index in [-0.39, 0.29) is 11.3 Å². The maximum Gasteiger partial charge on any atom is 0.416 e. The van der Waals surface area contributed by atoms with Gasteiger partial charge in [-0.05, 0) is 12.3 Å². The van der Waals surface area contributed by atoms with Crippen LogP contribution in [0.15, 0.2) is 17.3 Å². The van der Waals surface area contributed by atoms with Crippen LogP contribution in [0.4, 0.5) is 13.2 Å². The van der Waals surface area contributed by atoms with Crippen LogP contribution in [0, 0.1) is 0 Å². The summed E-state index contributed by atoms with van der Waals surface area (Å²) in [6, 6.07) is 0.971. The van der Waals surface area contributed by atoms with Gasteiger partial charge in [0.25, 0.3) is 0 Å². The van der Waals surface area contributed by atoms with Gasteiger partial charge < -0.3 is 4.74 Å². The smallest absolute Gasteiger partial charge is 0.416 e. The molecule has 134 valence electrons. The first-order valence-electron chi connectivity index (χ1n) is 7.22. The number of alkyl halides is 3. The number of hydrogen-bond acceptors (Lipinski definition) is 5. The van der Waals surface area contributed by atoms with Crippen molar-refractivity contribution in [3.05, 3.63) is 29.1 Å². The molecular formula is C15H21F3N2O2SSi. The van der Waals surface area contributed by atoms with E-state index in [1.54, 1.807) is 6.26 Å². The first-order chi connectivity index (χ1) is 10.9. The molecule has 0 fully saturated rings. The van der Waals surface area contributed by atoms with E-state index in [0.717, 1.165) is 19.2 Å². The molecular weight excluding hydrogens is 357 g/mol. The minimum absolute atomic E-state index is 0.174. The summed E-state index contributed by atoms with van der Waals surface area (Å²) < 4.78 is 44.5. The Labute approximate surface area is 144 Å². The third kappa shape index (κ3) is 6.64. The third-order valence-corrected chi connectivity index (χ3v) is 4.66. The minimum Gasteiger partial charge on any atom is -0.461 e. The van der Waals surface area contributed by atoms with E-state index in [1.807, 2.05) is 0 Å². The van der Waals surface area contributed by atoms with Gasteiger partial charge in [-0.25, -0.2) is 0 Å². The number of carbonyl (C=O) groups is 1. The maximum absolute atomic E-state index is 13.3. The van der Waals surface area contributed by atoms with Gasteiger partial charge in [-0.15, -0.1) is 11.8 Å². The van der Waals surface area contributed by atoms with E-state index in [4.69, 9.17) is 0 Å². The molecule has 0 aliphatic rings. The second kappa shape index (κ2) is 8.15. The highest BCUT2D eigenvalue weighted by atomic mass is 32.2. The van der Waals surface area contributed by atoms with Crippen LogP contribution in [-0.2, 0) is 22.3 Å². The van der Waals surface area contributed by atoms with Crippen LogP contribution < -0.4 is 0 Å². The lowest BCUT2D eigenvalue weighted by Crippen LogP contribution is -2.25. The van der Waals surface area contributed by atoms with Crippen LogP contribution in [0.3, 0.4) is 0 Å². The van der Waals surface area contributed by atoms with Crippen LogP contribution in [0.5, 0.6) is 0 Å². The number of halogens is 3. The molecule has 0 atom stereocenters. The van der Waals surface area contributed by atoms with E-state index in [0.29, 0.717) is 11.2 Å². The average Bonchev–Trinajstić information content (AvgIpc) is 2.44. The average molecular weight is 378 g/mol. The Morgan fingerprint density at radius 3 is 2.46 bits per heavy atom. The Morgan fingerprint density at radius 2 is 2.00 bits per heavy atom. The Morgan fingerprint density at radius 1 is 1.38 bits per heavy atom. The molecule has 0 saturated carbocycles. The van der Waals surface area contributed by atoms with E-state index in [2.05, 4.69) is 34.4 Å². The van der Waals surface area contributed by atoms with Crippen LogP contribution in [0.25, 0.3) is 0 Å². The highest BCUT2D eigenvalue weighted by Crippen LogP contribution is 2.33.